The Morgan fingerprint density at radius 1 is 1.06 bits per heavy atom. The van der Waals surface area contributed by atoms with Gasteiger partial charge in [-0.05, 0) is 61.4 Å². The third-order valence-corrected chi connectivity index (χ3v) is 7.29. The number of hydrogen-bond acceptors (Lipinski definition) is 5. The molecule has 3 heterocycles. The quantitative estimate of drug-likeness (QED) is 0.484. The van der Waals surface area contributed by atoms with Gasteiger partial charge in [-0.1, -0.05) is 48.0 Å². The number of halogens is 1. The highest BCUT2D eigenvalue weighted by Gasteiger charge is 2.30. The molecule has 0 spiro atoms. The number of nitrogens with zero attached hydrogens (tertiary/aromatic N) is 4. The number of aromatic nitrogens is 2. The van der Waals surface area contributed by atoms with Crippen molar-refractivity contribution in [3.63, 3.8) is 0 Å². The minimum atomic E-state index is -0.00435. The number of rotatable bonds is 6. The molecule has 182 valence electrons. The molecule has 5 rings (SSSR count). The summed E-state index contributed by atoms with van der Waals surface area (Å²) in [6, 6.07) is 16.6. The monoisotopic (exact) mass is 490 g/mol. The van der Waals surface area contributed by atoms with Crippen LogP contribution >= 0.6 is 11.6 Å². The summed E-state index contributed by atoms with van der Waals surface area (Å²) in [4.78, 5) is 27.3. The number of amides is 1. The van der Waals surface area contributed by atoms with Crippen LogP contribution in [0.5, 0.6) is 0 Å². The zero-order valence-electron chi connectivity index (χ0n) is 20.1. The lowest BCUT2D eigenvalue weighted by molar-refractivity contribution is 0.0301. The first-order chi connectivity index (χ1) is 17.1. The van der Waals surface area contributed by atoms with Crippen molar-refractivity contribution in [2.75, 3.05) is 37.7 Å². The summed E-state index contributed by atoms with van der Waals surface area (Å²) in [5, 5.41) is 0.735. The van der Waals surface area contributed by atoms with Gasteiger partial charge in [0.1, 0.15) is 0 Å². The van der Waals surface area contributed by atoms with E-state index < -0.39 is 0 Å². The molecule has 6 nitrogen and oxygen atoms in total. The molecule has 2 aliphatic rings. The Morgan fingerprint density at radius 2 is 1.83 bits per heavy atom. The number of aryl methyl sites for hydroxylation is 3. The summed E-state index contributed by atoms with van der Waals surface area (Å²) in [6.45, 7) is 5.35. The van der Waals surface area contributed by atoms with E-state index in [1.54, 1.807) is 6.20 Å². The van der Waals surface area contributed by atoms with E-state index in [9.17, 15) is 4.79 Å². The Hall–Kier alpha value is -2.96. The van der Waals surface area contributed by atoms with Gasteiger partial charge in [0.15, 0.2) is 0 Å². The Balaban J connectivity index is 1.45. The van der Waals surface area contributed by atoms with E-state index in [-0.39, 0.29) is 11.9 Å². The van der Waals surface area contributed by atoms with E-state index in [2.05, 4.69) is 48.2 Å². The van der Waals surface area contributed by atoms with Crippen molar-refractivity contribution in [1.82, 2.24) is 14.9 Å². The third-order valence-electron chi connectivity index (χ3n) is 7.04. The molecule has 0 radical (unpaired) electrons. The first kappa shape index (κ1) is 23.8. The summed E-state index contributed by atoms with van der Waals surface area (Å²) in [7, 11) is 0. The van der Waals surface area contributed by atoms with Gasteiger partial charge in [-0.15, -0.1) is 0 Å². The van der Waals surface area contributed by atoms with E-state index in [4.69, 9.17) is 26.3 Å². The highest BCUT2D eigenvalue weighted by molar-refractivity contribution is 6.30. The van der Waals surface area contributed by atoms with Gasteiger partial charge in [0.05, 0.1) is 30.5 Å². The lowest BCUT2D eigenvalue weighted by Gasteiger charge is -2.28. The Kier molecular flexibility index (Phi) is 7.30. The summed E-state index contributed by atoms with van der Waals surface area (Å²) >= 11 is 6.12. The van der Waals surface area contributed by atoms with Gasteiger partial charge in [-0.3, -0.25) is 4.79 Å². The molecule has 0 N–H and O–H groups in total. The number of ether oxygens (including phenoxy) is 1. The maximum atomic E-state index is 13.4. The van der Waals surface area contributed by atoms with Crippen LogP contribution in [0.2, 0.25) is 5.02 Å². The minimum absolute atomic E-state index is 0.00435. The molecule has 2 saturated heterocycles. The Bertz CT molecular complexity index is 1180. The lowest BCUT2D eigenvalue weighted by Crippen LogP contribution is -2.41. The zero-order valence-corrected chi connectivity index (χ0v) is 20.9. The summed E-state index contributed by atoms with van der Waals surface area (Å²) in [6.07, 6.45) is 5.37. The highest BCUT2D eigenvalue weighted by Crippen LogP contribution is 2.35. The SMILES string of the molecule is Cc1ccccc1CCc1nc(N2CCCC2c2ccc(Cl)cc2)ncc1C(=O)N1CCOCC1. The average Bonchev–Trinajstić information content (AvgIpc) is 3.39. The standard InChI is InChI=1S/C28H31ClN4O2/c1-20-5-2-3-6-21(20)10-13-25-24(27(34)32-15-17-35-18-16-32)19-30-28(31-25)33-14-4-7-26(33)22-8-11-23(29)12-9-22/h2-3,5-6,8-9,11-12,19,26H,4,7,10,13-18H2,1H3. The number of hydrogen-bond donors (Lipinski definition) is 0. The first-order valence-electron chi connectivity index (χ1n) is 12.4. The van der Waals surface area contributed by atoms with Crippen LogP contribution in [0.3, 0.4) is 0 Å². The zero-order chi connectivity index (χ0) is 24.2. The molecule has 1 aromatic heterocycles. The predicted octanol–water partition coefficient (Wildman–Crippen LogP) is 5.04. The number of carbonyl (C=O) groups is 1. The second-order valence-electron chi connectivity index (χ2n) is 9.26. The Morgan fingerprint density at radius 3 is 2.60 bits per heavy atom. The molecule has 1 atom stereocenters. The number of benzene rings is 2. The van der Waals surface area contributed by atoms with Crippen LogP contribution in [-0.2, 0) is 17.6 Å². The normalized spacial score (nSPS) is 18.2. The molecule has 3 aromatic rings. The van der Waals surface area contributed by atoms with Crippen molar-refractivity contribution in [3.8, 4) is 0 Å². The van der Waals surface area contributed by atoms with E-state index in [1.165, 1.54) is 16.7 Å². The predicted molar refractivity (Wildman–Crippen MR) is 138 cm³/mol. The highest BCUT2D eigenvalue weighted by atomic mass is 35.5. The van der Waals surface area contributed by atoms with Gasteiger partial charge in [-0.2, -0.15) is 0 Å². The first-order valence-corrected chi connectivity index (χ1v) is 12.8. The van der Waals surface area contributed by atoms with Crippen molar-refractivity contribution >= 4 is 23.5 Å². The van der Waals surface area contributed by atoms with E-state index >= 15 is 0 Å². The lowest BCUT2D eigenvalue weighted by atomic mass is 10.0. The van der Waals surface area contributed by atoms with Crippen LogP contribution in [0.4, 0.5) is 5.95 Å². The van der Waals surface area contributed by atoms with Crippen LogP contribution in [0.1, 0.15) is 51.6 Å². The topological polar surface area (TPSA) is 58.6 Å². The van der Waals surface area contributed by atoms with E-state index in [1.807, 2.05) is 17.0 Å². The van der Waals surface area contributed by atoms with E-state index in [0.29, 0.717) is 44.2 Å². The van der Waals surface area contributed by atoms with E-state index in [0.717, 1.165) is 36.5 Å². The van der Waals surface area contributed by atoms with Gasteiger partial charge < -0.3 is 14.5 Å². The minimum Gasteiger partial charge on any atom is -0.378 e. The molecular formula is C28H31ClN4O2. The molecule has 0 saturated carbocycles. The summed E-state index contributed by atoms with van der Waals surface area (Å²) < 4.78 is 5.44. The molecule has 0 bridgehead atoms. The summed E-state index contributed by atoms with van der Waals surface area (Å²) in [5.74, 6) is 0.691. The Labute approximate surface area is 211 Å². The van der Waals surface area contributed by atoms with Gasteiger partial charge >= 0.3 is 0 Å². The van der Waals surface area contributed by atoms with Crippen molar-refractivity contribution in [3.05, 3.63) is 87.7 Å². The number of morpholine rings is 1. The fourth-order valence-corrected chi connectivity index (χ4v) is 5.16. The van der Waals surface area contributed by atoms with Gasteiger partial charge in [-0.25, -0.2) is 9.97 Å². The van der Waals surface area contributed by atoms with Crippen LogP contribution in [0.15, 0.2) is 54.7 Å². The second-order valence-corrected chi connectivity index (χ2v) is 9.70. The third kappa shape index (κ3) is 5.34. The fraction of sp³-hybridized carbons (Fsp3) is 0.393. The molecule has 1 unspecified atom stereocenters. The van der Waals surface area contributed by atoms with Crippen molar-refractivity contribution in [2.24, 2.45) is 0 Å². The van der Waals surface area contributed by atoms with Gasteiger partial charge in [0, 0.05) is 30.9 Å². The van der Waals surface area contributed by atoms with Crippen LogP contribution < -0.4 is 4.90 Å². The van der Waals surface area contributed by atoms with Gasteiger partial charge in [0.25, 0.3) is 5.91 Å². The van der Waals surface area contributed by atoms with Crippen molar-refractivity contribution in [2.45, 2.75) is 38.6 Å². The second kappa shape index (κ2) is 10.8. The molecule has 2 fully saturated rings. The van der Waals surface area contributed by atoms with Crippen molar-refractivity contribution in [1.29, 1.82) is 0 Å². The molecule has 7 heteroatoms. The molecular weight excluding hydrogens is 460 g/mol. The van der Waals surface area contributed by atoms with Crippen LogP contribution in [-0.4, -0.2) is 53.6 Å². The fourth-order valence-electron chi connectivity index (χ4n) is 5.03. The maximum Gasteiger partial charge on any atom is 0.257 e. The molecule has 35 heavy (non-hydrogen) atoms. The molecule has 1 amide bonds. The largest absolute Gasteiger partial charge is 0.378 e. The number of anilines is 1. The number of carbonyl (C=O) groups excluding carboxylic acids is 1. The van der Waals surface area contributed by atoms with Crippen LogP contribution in [0, 0.1) is 6.92 Å². The molecule has 0 aliphatic carbocycles. The summed E-state index contributed by atoms with van der Waals surface area (Å²) in [5.41, 5.74) is 5.16. The average molecular weight is 491 g/mol. The molecule has 2 aromatic carbocycles. The maximum absolute atomic E-state index is 13.4. The van der Waals surface area contributed by atoms with Crippen molar-refractivity contribution < 1.29 is 9.53 Å². The van der Waals surface area contributed by atoms with Crippen LogP contribution in [0.25, 0.3) is 0 Å². The van der Waals surface area contributed by atoms with Gasteiger partial charge in [0.2, 0.25) is 5.95 Å². The smallest absolute Gasteiger partial charge is 0.257 e. The molecule has 2 aliphatic heterocycles.